The molecule has 0 atom stereocenters. The van der Waals surface area contributed by atoms with Crippen molar-refractivity contribution in [3.8, 4) is 11.7 Å². The van der Waals surface area contributed by atoms with E-state index in [1.807, 2.05) is 13.0 Å². The van der Waals surface area contributed by atoms with Gasteiger partial charge in [-0.05, 0) is 29.5 Å². The Morgan fingerprint density at radius 1 is 1.29 bits per heavy atom. The monoisotopic (exact) mass is 230 g/mol. The van der Waals surface area contributed by atoms with Crippen molar-refractivity contribution in [3.63, 3.8) is 0 Å². The summed E-state index contributed by atoms with van der Waals surface area (Å²) >= 11 is 0. The maximum atomic E-state index is 9.74. The highest BCUT2D eigenvalue weighted by Crippen LogP contribution is 2.26. The van der Waals surface area contributed by atoms with Gasteiger partial charge in [-0.3, -0.25) is 4.57 Å². The van der Waals surface area contributed by atoms with Crippen molar-refractivity contribution in [1.82, 2.24) is 29.8 Å². The number of phenols is 1. The van der Waals surface area contributed by atoms with Gasteiger partial charge in [0.05, 0.1) is 5.52 Å². The van der Waals surface area contributed by atoms with Gasteiger partial charge in [0.25, 0.3) is 5.95 Å². The minimum Gasteiger partial charge on any atom is -0.506 e. The van der Waals surface area contributed by atoms with Crippen LogP contribution in [-0.2, 0) is 7.05 Å². The third kappa shape index (κ3) is 1.28. The molecule has 0 aliphatic rings. The number of hydrogen-bond donors (Lipinski definition) is 1. The first-order chi connectivity index (χ1) is 8.18. The Balaban J connectivity index is 2.41. The van der Waals surface area contributed by atoms with Gasteiger partial charge in [-0.25, -0.2) is 9.67 Å². The second kappa shape index (κ2) is 3.27. The van der Waals surface area contributed by atoms with E-state index in [9.17, 15) is 5.11 Å². The largest absolute Gasteiger partial charge is 0.506 e. The van der Waals surface area contributed by atoms with Crippen LogP contribution in [0.25, 0.3) is 17.0 Å². The summed E-state index contributed by atoms with van der Waals surface area (Å²) in [6, 6.07) is 5.23. The minimum absolute atomic E-state index is 0.152. The molecule has 1 aromatic carbocycles. The lowest BCUT2D eigenvalue weighted by Gasteiger charge is -2.03. The molecule has 0 radical (unpaired) electrons. The maximum Gasteiger partial charge on any atom is 0.255 e. The number of rotatable bonds is 1. The van der Waals surface area contributed by atoms with E-state index < -0.39 is 0 Å². The Hall–Kier alpha value is -2.44. The summed E-state index contributed by atoms with van der Waals surface area (Å²) in [5.74, 6) is 1.44. The Labute approximate surface area is 96.3 Å². The molecule has 3 aromatic rings. The number of aryl methyl sites for hydroxylation is 2. The number of imidazole rings is 1. The Morgan fingerprint density at radius 2 is 2.12 bits per heavy atom. The number of phenolic OH excluding ortho intramolecular Hbond substituents is 1. The zero-order chi connectivity index (χ0) is 12.0. The van der Waals surface area contributed by atoms with Crippen LogP contribution < -0.4 is 0 Å². The van der Waals surface area contributed by atoms with Crippen molar-refractivity contribution < 1.29 is 5.11 Å². The van der Waals surface area contributed by atoms with Gasteiger partial charge < -0.3 is 5.11 Å². The topological polar surface area (TPSA) is 81.7 Å². The van der Waals surface area contributed by atoms with E-state index in [4.69, 9.17) is 0 Å². The molecule has 3 rings (SSSR count). The fourth-order valence-electron chi connectivity index (χ4n) is 1.87. The van der Waals surface area contributed by atoms with Crippen LogP contribution in [0.2, 0.25) is 0 Å². The minimum atomic E-state index is 0.152. The first-order valence-electron chi connectivity index (χ1n) is 5.08. The third-order valence-electron chi connectivity index (χ3n) is 2.63. The number of hydrogen-bond acceptors (Lipinski definition) is 5. The fraction of sp³-hybridized carbons (Fsp3) is 0.200. The predicted octanol–water partition coefficient (Wildman–Crippen LogP) is 0.563. The van der Waals surface area contributed by atoms with Gasteiger partial charge >= 0.3 is 0 Å². The second-order valence-corrected chi connectivity index (χ2v) is 3.74. The molecule has 7 nitrogen and oxygen atoms in total. The molecule has 17 heavy (non-hydrogen) atoms. The second-order valence-electron chi connectivity index (χ2n) is 3.74. The number of fused-ring (bicyclic) bond motifs is 1. The molecular weight excluding hydrogens is 220 g/mol. The van der Waals surface area contributed by atoms with Crippen LogP contribution in [0.3, 0.4) is 0 Å². The van der Waals surface area contributed by atoms with Gasteiger partial charge in [0.15, 0.2) is 0 Å². The predicted molar refractivity (Wildman–Crippen MR) is 59.8 cm³/mol. The van der Waals surface area contributed by atoms with Crippen molar-refractivity contribution in [2.75, 3.05) is 0 Å². The number of aromatic nitrogens is 6. The van der Waals surface area contributed by atoms with Crippen molar-refractivity contribution in [2.24, 2.45) is 7.05 Å². The molecular formula is C10H10N6O. The summed E-state index contributed by atoms with van der Waals surface area (Å²) in [6.07, 6.45) is 0. The van der Waals surface area contributed by atoms with Crippen molar-refractivity contribution in [1.29, 1.82) is 0 Å². The van der Waals surface area contributed by atoms with E-state index in [2.05, 4.69) is 20.5 Å². The van der Waals surface area contributed by atoms with E-state index >= 15 is 0 Å². The molecule has 0 aliphatic carbocycles. The van der Waals surface area contributed by atoms with Crippen molar-refractivity contribution in [3.05, 3.63) is 24.0 Å². The third-order valence-corrected chi connectivity index (χ3v) is 2.63. The van der Waals surface area contributed by atoms with Crippen LogP contribution in [0.15, 0.2) is 18.2 Å². The smallest absolute Gasteiger partial charge is 0.255 e. The summed E-state index contributed by atoms with van der Waals surface area (Å²) < 4.78 is 3.35. The standard InChI is InChI=1S/C10H10N6O/c1-6-11-9-7(4-3-5-8(9)17)16(6)10-12-13-14-15(10)2/h3-5,17H,1-2H3. The molecule has 0 unspecified atom stereocenters. The molecule has 0 fully saturated rings. The van der Waals surface area contributed by atoms with E-state index in [0.29, 0.717) is 11.5 Å². The quantitative estimate of drug-likeness (QED) is 0.660. The van der Waals surface area contributed by atoms with E-state index in [-0.39, 0.29) is 5.75 Å². The van der Waals surface area contributed by atoms with Crippen molar-refractivity contribution in [2.45, 2.75) is 6.92 Å². The number of benzene rings is 1. The highest BCUT2D eigenvalue weighted by molar-refractivity contribution is 5.83. The fourth-order valence-corrected chi connectivity index (χ4v) is 1.87. The lowest BCUT2D eigenvalue weighted by molar-refractivity contribution is 0.480. The summed E-state index contributed by atoms with van der Waals surface area (Å²) in [7, 11) is 1.75. The van der Waals surface area contributed by atoms with Crippen LogP contribution in [-0.4, -0.2) is 34.9 Å². The average molecular weight is 230 g/mol. The summed E-state index contributed by atoms with van der Waals surface area (Å²) in [6.45, 7) is 1.84. The Kier molecular flexibility index (Phi) is 1.88. The highest BCUT2D eigenvalue weighted by Gasteiger charge is 2.15. The average Bonchev–Trinajstić information content (AvgIpc) is 2.83. The normalized spacial score (nSPS) is 11.2. The summed E-state index contributed by atoms with van der Waals surface area (Å²) in [4.78, 5) is 4.31. The molecule has 2 heterocycles. The molecule has 0 bridgehead atoms. The molecule has 7 heteroatoms. The van der Waals surface area contributed by atoms with Gasteiger partial charge in [0.2, 0.25) is 0 Å². The molecule has 0 aliphatic heterocycles. The van der Waals surface area contributed by atoms with E-state index in [0.717, 1.165) is 11.3 Å². The summed E-state index contributed by atoms with van der Waals surface area (Å²) in [5, 5.41) is 21.1. The Bertz CT molecular complexity index is 698. The molecule has 0 spiro atoms. The van der Waals surface area contributed by atoms with Crippen LogP contribution in [0, 0.1) is 6.92 Å². The zero-order valence-corrected chi connectivity index (χ0v) is 9.36. The van der Waals surface area contributed by atoms with Crippen molar-refractivity contribution >= 4 is 11.0 Å². The number of nitrogens with zero attached hydrogens (tertiary/aromatic N) is 6. The lowest BCUT2D eigenvalue weighted by Crippen LogP contribution is -2.05. The zero-order valence-electron chi connectivity index (χ0n) is 9.36. The van der Waals surface area contributed by atoms with E-state index in [1.54, 1.807) is 28.4 Å². The number of aromatic hydroxyl groups is 1. The van der Waals surface area contributed by atoms with Gasteiger partial charge in [0.1, 0.15) is 17.1 Å². The maximum absolute atomic E-state index is 9.74. The molecule has 86 valence electrons. The van der Waals surface area contributed by atoms with Crippen LogP contribution in [0.5, 0.6) is 5.75 Å². The first kappa shape index (κ1) is 9.76. The SMILES string of the molecule is Cc1nc2c(O)cccc2n1-c1nnnn1C. The molecule has 0 saturated heterocycles. The van der Waals surface area contributed by atoms with Gasteiger partial charge in [-0.15, -0.1) is 0 Å². The van der Waals surface area contributed by atoms with Gasteiger partial charge in [0, 0.05) is 7.05 Å². The van der Waals surface area contributed by atoms with Crippen LogP contribution in [0.4, 0.5) is 0 Å². The number of tetrazole rings is 1. The number of para-hydroxylation sites is 1. The Morgan fingerprint density at radius 3 is 2.82 bits per heavy atom. The summed E-state index contributed by atoms with van der Waals surface area (Å²) in [5.41, 5.74) is 1.33. The molecule has 2 aromatic heterocycles. The first-order valence-corrected chi connectivity index (χ1v) is 5.08. The molecule has 1 N–H and O–H groups in total. The highest BCUT2D eigenvalue weighted by atomic mass is 16.3. The van der Waals surface area contributed by atoms with Crippen LogP contribution in [0.1, 0.15) is 5.82 Å². The molecule has 0 amide bonds. The molecule has 0 saturated carbocycles. The van der Waals surface area contributed by atoms with E-state index in [1.165, 1.54) is 0 Å². The van der Waals surface area contributed by atoms with Gasteiger partial charge in [-0.1, -0.05) is 11.2 Å². The van der Waals surface area contributed by atoms with Gasteiger partial charge in [-0.2, -0.15) is 0 Å². The lowest BCUT2D eigenvalue weighted by atomic mass is 10.3. The van der Waals surface area contributed by atoms with Crippen LogP contribution >= 0.6 is 0 Å².